The van der Waals surface area contributed by atoms with Gasteiger partial charge in [-0.05, 0) is 35.9 Å². The predicted molar refractivity (Wildman–Crippen MR) is 81.8 cm³/mol. The summed E-state index contributed by atoms with van der Waals surface area (Å²) in [6.07, 6.45) is 1.67. The van der Waals surface area contributed by atoms with Crippen molar-refractivity contribution < 1.29 is 5.11 Å². The Morgan fingerprint density at radius 1 is 1.00 bits per heavy atom. The average Bonchev–Trinajstić information content (AvgIpc) is 2.46. The van der Waals surface area contributed by atoms with Crippen LogP contribution in [0.4, 0.5) is 5.82 Å². The Labute approximate surface area is 117 Å². The number of fused-ring (bicyclic) bond motifs is 1. The van der Waals surface area contributed by atoms with Crippen molar-refractivity contribution in [1.82, 2.24) is 4.98 Å². The van der Waals surface area contributed by atoms with Gasteiger partial charge >= 0.3 is 0 Å². The number of rotatable bonds is 2. The van der Waals surface area contributed by atoms with Crippen LogP contribution in [0.15, 0.2) is 59.6 Å². The average molecular weight is 262 g/mol. The van der Waals surface area contributed by atoms with Crippen LogP contribution in [0.1, 0.15) is 11.3 Å². The highest BCUT2D eigenvalue weighted by Crippen LogP contribution is 2.26. The number of nitrogens with zero attached hydrogens (tertiary/aromatic N) is 2. The van der Waals surface area contributed by atoms with Crippen molar-refractivity contribution in [3.63, 3.8) is 0 Å². The molecule has 0 radical (unpaired) electrons. The largest absolute Gasteiger partial charge is 0.507 e. The Morgan fingerprint density at radius 2 is 1.85 bits per heavy atom. The molecule has 3 nitrogen and oxygen atoms in total. The number of phenolic OH excluding ortho intramolecular Hbond substituents is 1. The molecule has 1 heterocycles. The zero-order chi connectivity index (χ0) is 13.9. The summed E-state index contributed by atoms with van der Waals surface area (Å²) in [5.74, 6) is 0.859. The maximum absolute atomic E-state index is 10.0. The van der Waals surface area contributed by atoms with E-state index in [1.165, 1.54) is 0 Å². The molecule has 0 saturated heterocycles. The fourth-order valence-electron chi connectivity index (χ4n) is 2.15. The molecular formula is C17H14N2O. The molecule has 0 aliphatic heterocycles. The van der Waals surface area contributed by atoms with E-state index >= 15 is 0 Å². The molecule has 2 aromatic carbocycles. The van der Waals surface area contributed by atoms with Crippen molar-refractivity contribution in [3.05, 3.63) is 65.9 Å². The first-order valence-electron chi connectivity index (χ1n) is 6.42. The maximum Gasteiger partial charge on any atom is 0.152 e. The highest BCUT2D eigenvalue weighted by atomic mass is 16.3. The van der Waals surface area contributed by atoms with Gasteiger partial charge in [0.1, 0.15) is 5.75 Å². The van der Waals surface area contributed by atoms with E-state index in [0.717, 1.165) is 16.5 Å². The van der Waals surface area contributed by atoms with Crippen molar-refractivity contribution in [2.45, 2.75) is 6.92 Å². The van der Waals surface area contributed by atoms with Crippen LogP contribution in [0.5, 0.6) is 5.75 Å². The number of hydrogen-bond acceptors (Lipinski definition) is 3. The molecule has 0 aliphatic carbocycles. The summed E-state index contributed by atoms with van der Waals surface area (Å²) in [4.78, 5) is 8.67. The second kappa shape index (κ2) is 5.13. The minimum absolute atomic E-state index is 0.222. The second-order valence-corrected chi connectivity index (χ2v) is 4.61. The van der Waals surface area contributed by atoms with Crippen LogP contribution >= 0.6 is 0 Å². The molecule has 1 N–H and O–H groups in total. The van der Waals surface area contributed by atoms with E-state index in [-0.39, 0.29) is 5.75 Å². The Balaban J connectivity index is 2.08. The molecule has 0 bridgehead atoms. The summed E-state index contributed by atoms with van der Waals surface area (Å²) in [5, 5.41) is 12.1. The van der Waals surface area contributed by atoms with Crippen molar-refractivity contribution in [3.8, 4) is 5.75 Å². The van der Waals surface area contributed by atoms with E-state index in [1.807, 2.05) is 55.5 Å². The number of aromatic hydroxyl groups is 1. The van der Waals surface area contributed by atoms with Gasteiger partial charge in [-0.2, -0.15) is 0 Å². The lowest BCUT2D eigenvalue weighted by atomic mass is 10.0. The summed E-state index contributed by atoms with van der Waals surface area (Å²) >= 11 is 0. The van der Waals surface area contributed by atoms with Crippen molar-refractivity contribution >= 4 is 22.8 Å². The van der Waals surface area contributed by atoms with Gasteiger partial charge in [-0.3, -0.25) is 0 Å². The topological polar surface area (TPSA) is 45.5 Å². The number of aromatic nitrogens is 1. The van der Waals surface area contributed by atoms with Crippen LogP contribution in [0.2, 0.25) is 0 Å². The zero-order valence-electron chi connectivity index (χ0n) is 11.1. The maximum atomic E-state index is 10.0. The first-order valence-corrected chi connectivity index (χ1v) is 6.42. The van der Waals surface area contributed by atoms with Gasteiger partial charge in [0.05, 0.1) is 0 Å². The molecule has 20 heavy (non-hydrogen) atoms. The first-order chi connectivity index (χ1) is 9.74. The molecule has 0 atom stereocenters. The normalized spacial score (nSPS) is 11.2. The SMILES string of the molecule is Cc1cccc(/N=C/c2c(O)ccc3ccccc23)n1. The van der Waals surface area contributed by atoms with Crippen molar-refractivity contribution in [1.29, 1.82) is 0 Å². The highest BCUT2D eigenvalue weighted by Gasteiger charge is 2.04. The Kier molecular flexibility index (Phi) is 3.17. The van der Waals surface area contributed by atoms with Gasteiger partial charge in [-0.1, -0.05) is 36.4 Å². The van der Waals surface area contributed by atoms with Crippen molar-refractivity contribution in [2.75, 3.05) is 0 Å². The minimum Gasteiger partial charge on any atom is -0.507 e. The molecular weight excluding hydrogens is 248 g/mol. The molecule has 0 amide bonds. The zero-order valence-corrected chi connectivity index (χ0v) is 11.1. The summed E-state index contributed by atoms with van der Waals surface area (Å²) in [6, 6.07) is 17.2. The lowest BCUT2D eigenvalue weighted by Gasteiger charge is -2.04. The van der Waals surface area contributed by atoms with Crippen LogP contribution in [0.3, 0.4) is 0 Å². The van der Waals surface area contributed by atoms with Gasteiger partial charge in [0.2, 0.25) is 0 Å². The van der Waals surface area contributed by atoms with Gasteiger partial charge in [-0.25, -0.2) is 9.98 Å². The summed E-state index contributed by atoms with van der Waals surface area (Å²) in [5.41, 5.74) is 1.63. The number of hydrogen-bond donors (Lipinski definition) is 1. The van der Waals surface area contributed by atoms with E-state index in [1.54, 1.807) is 12.3 Å². The fourth-order valence-corrected chi connectivity index (χ4v) is 2.15. The molecule has 0 spiro atoms. The monoisotopic (exact) mass is 262 g/mol. The van der Waals surface area contributed by atoms with E-state index in [0.29, 0.717) is 11.4 Å². The molecule has 98 valence electrons. The Morgan fingerprint density at radius 3 is 2.70 bits per heavy atom. The van der Waals surface area contributed by atoms with Gasteiger partial charge in [-0.15, -0.1) is 0 Å². The third kappa shape index (κ3) is 2.38. The van der Waals surface area contributed by atoms with Crippen LogP contribution in [0, 0.1) is 6.92 Å². The Hall–Kier alpha value is -2.68. The number of phenols is 1. The fraction of sp³-hybridized carbons (Fsp3) is 0.0588. The number of pyridine rings is 1. The van der Waals surface area contributed by atoms with Crippen LogP contribution < -0.4 is 0 Å². The third-order valence-corrected chi connectivity index (χ3v) is 3.15. The first kappa shape index (κ1) is 12.4. The van der Waals surface area contributed by atoms with Crippen LogP contribution in [0.25, 0.3) is 10.8 Å². The molecule has 0 aliphatic rings. The predicted octanol–water partition coefficient (Wildman–Crippen LogP) is 4.00. The lowest BCUT2D eigenvalue weighted by Crippen LogP contribution is -1.86. The molecule has 3 rings (SSSR count). The third-order valence-electron chi connectivity index (χ3n) is 3.15. The second-order valence-electron chi connectivity index (χ2n) is 4.61. The standard InChI is InChI=1S/C17H14N2O/c1-12-5-4-8-17(19-12)18-11-15-14-7-3-2-6-13(14)9-10-16(15)20/h2-11,20H,1H3/b18-11+. The number of aryl methyl sites for hydroxylation is 1. The van der Waals surface area contributed by atoms with Gasteiger partial charge in [0, 0.05) is 17.5 Å². The van der Waals surface area contributed by atoms with E-state index < -0.39 is 0 Å². The minimum atomic E-state index is 0.222. The smallest absolute Gasteiger partial charge is 0.152 e. The number of benzene rings is 2. The van der Waals surface area contributed by atoms with E-state index in [9.17, 15) is 5.11 Å². The summed E-state index contributed by atoms with van der Waals surface area (Å²) in [7, 11) is 0. The molecule has 3 aromatic rings. The quantitative estimate of drug-likeness (QED) is 0.709. The van der Waals surface area contributed by atoms with Gasteiger partial charge in [0.15, 0.2) is 5.82 Å². The summed E-state index contributed by atoms with van der Waals surface area (Å²) in [6.45, 7) is 1.93. The molecule has 3 heteroatoms. The number of aliphatic imine (C=N–C) groups is 1. The van der Waals surface area contributed by atoms with Crippen molar-refractivity contribution in [2.24, 2.45) is 4.99 Å². The molecule has 0 fully saturated rings. The van der Waals surface area contributed by atoms with E-state index in [4.69, 9.17) is 0 Å². The van der Waals surface area contributed by atoms with Crippen LogP contribution in [-0.2, 0) is 0 Å². The van der Waals surface area contributed by atoms with Gasteiger partial charge < -0.3 is 5.11 Å². The summed E-state index contributed by atoms with van der Waals surface area (Å²) < 4.78 is 0. The Bertz CT molecular complexity index is 794. The highest BCUT2D eigenvalue weighted by molar-refractivity contribution is 6.02. The molecule has 1 aromatic heterocycles. The molecule has 0 saturated carbocycles. The molecule has 0 unspecified atom stereocenters. The van der Waals surface area contributed by atoms with E-state index in [2.05, 4.69) is 9.98 Å². The lowest BCUT2D eigenvalue weighted by molar-refractivity contribution is 0.475. The van der Waals surface area contributed by atoms with Crippen LogP contribution in [-0.4, -0.2) is 16.3 Å². The van der Waals surface area contributed by atoms with Gasteiger partial charge in [0.25, 0.3) is 0 Å².